The van der Waals surface area contributed by atoms with Crippen LogP contribution >= 0.6 is 0 Å². The molecule has 0 bridgehead atoms. The summed E-state index contributed by atoms with van der Waals surface area (Å²) >= 11 is 0. The highest BCUT2D eigenvalue weighted by Gasteiger charge is 2.69. The van der Waals surface area contributed by atoms with Crippen LogP contribution < -0.4 is 0 Å². The molecule has 7 unspecified atom stereocenters. The van der Waals surface area contributed by atoms with Crippen LogP contribution in [0.15, 0.2) is 6.20 Å². The summed E-state index contributed by atoms with van der Waals surface area (Å²) < 4.78 is 13.4. The van der Waals surface area contributed by atoms with Crippen LogP contribution in [0.4, 0.5) is 0 Å². The number of nitrogens with zero attached hydrogens (tertiary/aromatic N) is 3. The Morgan fingerprint density at radius 3 is 2.58 bits per heavy atom. The van der Waals surface area contributed by atoms with Crippen molar-refractivity contribution >= 4 is 0 Å². The van der Waals surface area contributed by atoms with E-state index < -0.39 is 42.5 Å². The molecule has 2 aliphatic rings. The molecule has 0 spiro atoms. The normalized spacial score (nSPS) is 33.1. The summed E-state index contributed by atoms with van der Waals surface area (Å²) in [6, 6.07) is 0. The van der Waals surface area contributed by atoms with Gasteiger partial charge in [0.1, 0.15) is 5.69 Å². The fourth-order valence-electron chi connectivity index (χ4n) is 5.67. The molecule has 10 heteroatoms. The van der Waals surface area contributed by atoms with Crippen molar-refractivity contribution in [2.75, 3.05) is 6.61 Å². The SMILES string of the molecule is CC(O)Cn1cc(COC(C)(C)CC(C)(C)CCCC2OC3(O)C(CO)C(O)C(O)C23)nn1. The maximum Gasteiger partial charge on any atom is 0.181 e. The molecule has 10 nitrogen and oxygen atoms in total. The van der Waals surface area contributed by atoms with Gasteiger partial charge in [-0.05, 0) is 45.4 Å². The summed E-state index contributed by atoms with van der Waals surface area (Å²) in [4.78, 5) is 0. The van der Waals surface area contributed by atoms with E-state index in [1.165, 1.54) is 0 Å². The Kier molecular flexibility index (Phi) is 7.90. The van der Waals surface area contributed by atoms with Crippen LogP contribution in [0.1, 0.15) is 66.0 Å². The Bertz CT molecular complexity index is 784. The molecule has 0 amide bonds. The topological polar surface area (TPSA) is 150 Å². The van der Waals surface area contributed by atoms with E-state index in [-0.39, 0.29) is 17.1 Å². The summed E-state index contributed by atoms with van der Waals surface area (Å²) in [5, 5.41) is 58.0. The first-order valence-corrected chi connectivity index (χ1v) is 11.9. The molecule has 0 radical (unpaired) electrons. The van der Waals surface area contributed by atoms with Crippen molar-refractivity contribution < 1.29 is 35.0 Å². The van der Waals surface area contributed by atoms with Crippen LogP contribution in [0.25, 0.3) is 0 Å². The average molecular weight is 472 g/mol. The van der Waals surface area contributed by atoms with Gasteiger partial charge < -0.3 is 35.0 Å². The number of hydrogen-bond acceptors (Lipinski definition) is 9. The van der Waals surface area contributed by atoms with Gasteiger partial charge in [-0.15, -0.1) is 5.10 Å². The monoisotopic (exact) mass is 471 g/mol. The molecule has 1 aromatic rings. The van der Waals surface area contributed by atoms with Gasteiger partial charge in [0.2, 0.25) is 0 Å². The van der Waals surface area contributed by atoms with Crippen molar-refractivity contribution in [3.63, 3.8) is 0 Å². The van der Waals surface area contributed by atoms with E-state index in [0.717, 1.165) is 25.0 Å². The highest BCUT2D eigenvalue weighted by molar-refractivity contribution is 5.11. The number of aliphatic hydroxyl groups excluding tert-OH is 4. The van der Waals surface area contributed by atoms with E-state index >= 15 is 0 Å². The molecule has 33 heavy (non-hydrogen) atoms. The lowest BCUT2D eigenvalue weighted by atomic mass is 9.76. The van der Waals surface area contributed by atoms with Crippen molar-refractivity contribution in [1.82, 2.24) is 15.0 Å². The first-order chi connectivity index (χ1) is 15.3. The van der Waals surface area contributed by atoms with E-state index in [1.807, 2.05) is 0 Å². The molecule has 1 aliphatic heterocycles. The molecule has 0 aromatic carbocycles. The van der Waals surface area contributed by atoms with E-state index in [4.69, 9.17) is 9.47 Å². The lowest BCUT2D eigenvalue weighted by Crippen LogP contribution is -2.62. The third-order valence-corrected chi connectivity index (χ3v) is 6.97. The van der Waals surface area contributed by atoms with Crippen LogP contribution in [-0.2, 0) is 22.6 Å². The molecular weight excluding hydrogens is 430 g/mol. The summed E-state index contributed by atoms with van der Waals surface area (Å²) in [6.45, 7) is 10.5. The minimum atomic E-state index is -1.64. The van der Waals surface area contributed by atoms with Crippen LogP contribution in [0.5, 0.6) is 0 Å². The molecule has 1 aromatic heterocycles. The largest absolute Gasteiger partial charge is 0.396 e. The second-order valence-corrected chi connectivity index (χ2v) is 11.3. The predicted octanol–water partition coefficient (Wildman–Crippen LogP) is 0.588. The Balaban J connectivity index is 1.43. The summed E-state index contributed by atoms with van der Waals surface area (Å²) in [5.41, 5.74) is 0.314. The molecule has 2 fully saturated rings. The molecular formula is C23H41N3O7. The number of hydrogen-bond donors (Lipinski definition) is 5. The van der Waals surface area contributed by atoms with Gasteiger partial charge in [0.15, 0.2) is 5.79 Å². The van der Waals surface area contributed by atoms with Gasteiger partial charge in [0.25, 0.3) is 0 Å². The summed E-state index contributed by atoms with van der Waals surface area (Å²) in [5.74, 6) is -3.09. The highest BCUT2D eigenvalue weighted by Crippen LogP contribution is 2.54. The van der Waals surface area contributed by atoms with Gasteiger partial charge in [-0.3, -0.25) is 0 Å². The fraction of sp³-hybridized carbons (Fsp3) is 0.913. The number of ether oxygens (including phenoxy) is 2. The lowest BCUT2D eigenvalue weighted by molar-refractivity contribution is -0.381. The molecule has 2 heterocycles. The zero-order valence-corrected chi connectivity index (χ0v) is 20.4. The van der Waals surface area contributed by atoms with Gasteiger partial charge >= 0.3 is 0 Å². The standard InChI is InChI=1S/C23H41N3O7/c1-14(28)9-26-10-15(24-25-26)12-32-22(4,5)13-21(2,3)8-6-7-17-18-20(30)19(29)16(11-27)23(18,31)33-17/h10,14,16-20,27-31H,6-9,11-13H2,1-5H3. The number of aromatic nitrogens is 3. The Labute approximate surface area is 195 Å². The predicted molar refractivity (Wildman–Crippen MR) is 119 cm³/mol. The van der Waals surface area contributed by atoms with E-state index in [9.17, 15) is 25.5 Å². The van der Waals surface area contributed by atoms with Crippen LogP contribution in [-0.4, -0.2) is 82.9 Å². The maximum absolute atomic E-state index is 10.6. The van der Waals surface area contributed by atoms with E-state index in [1.54, 1.807) is 17.8 Å². The third-order valence-electron chi connectivity index (χ3n) is 6.97. The van der Waals surface area contributed by atoms with Gasteiger partial charge in [-0.1, -0.05) is 25.5 Å². The number of aliphatic hydroxyl groups is 5. The van der Waals surface area contributed by atoms with Crippen LogP contribution in [0.3, 0.4) is 0 Å². The van der Waals surface area contributed by atoms with Crippen molar-refractivity contribution in [2.24, 2.45) is 17.3 Å². The summed E-state index contributed by atoms with van der Waals surface area (Å²) in [6.07, 6.45) is 1.89. The lowest BCUT2D eigenvalue weighted by Gasteiger charge is -2.50. The minimum Gasteiger partial charge on any atom is -0.396 e. The first-order valence-electron chi connectivity index (χ1n) is 11.9. The molecule has 1 saturated heterocycles. The molecule has 1 aliphatic carbocycles. The zero-order valence-electron chi connectivity index (χ0n) is 20.4. The fourth-order valence-corrected chi connectivity index (χ4v) is 5.67. The molecule has 1 saturated carbocycles. The summed E-state index contributed by atoms with van der Waals surface area (Å²) in [7, 11) is 0. The van der Waals surface area contributed by atoms with Gasteiger partial charge in [-0.25, -0.2) is 4.68 Å². The molecule has 3 rings (SSSR count). The second kappa shape index (κ2) is 9.85. The first kappa shape index (κ1) is 26.5. The van der Waals surface area contributed by atoms with E-state index in [2.05, 4.69) is 38.0 Å². The van der Waals surface area contributed by atoms with Crippen molar-refractivity contribution in [3.8, 4) is 0 Å². The second-order valence-electron chi connectivity index (χ2n) is 11.3. The molecule has 190 valence electrons. The van der Waals surface area contributed by atoms with Crippen molar-refractivity contribution in [2.45, 2.75) is 109 Å². The van der Waals surface area contributed by atoms with Gasteiger partial charge in [0.05, 0.1) is 67.8 Å². The highest BCUT2D eigenvalue weighted by atomic mass is 16.7. The van der Waals surface area contributed by atoms with Gasteiger partial charge in [0, 0.05) is 0 Å². The minimum absolute atomic E-state index is 0.0189. The van der Waals surface area contributed by atoms with Crippen LogP contribution in [0.2, 0.25) is 0 Å². The number of rotatable bonds is 12. The Morgan fingerprint density at radius 2 is 1.94 bits per heavy atom. The average Bonchev–Trinajstić information content (AvgIpc) is 3.16. The van der Waals surface area contributed by atoms with Crippen molar-refractivity contribution in [3.05, 3.63) is 11.9 Å². The molecule has 7 atom stereocenters. The quantitative estimate of drug-likeness (QED) is 0.295. The Morgan fingerprint density at radius 1 is 1.24 bits per heavy atom. The van der Waals surface area contributed by atoms with Crippen molar-refractivity contribution in [1.29, 1.82) is 0 Å². The Hall–Kier alpha value is -1.14. The zero-order chi connectivity index (χ0) is 24.6. The smallest absolute Gasteiger partial charge is 0.181 e. The van der Waals surface area contributed by atoms with E-state index in [0.29, 0.717) is 19.6 Å². The maximum atomic E-state index is 10.6. The van der Waals surface area contributed by atoms with Crippen LogP contribution in [0, 0.1) is 17.3 Å². The third kappa shape index (κ3) is 5.93. The number of fused-ring (bicyclic) bond motifs is 1. The van der Waals surface area contributed by atoms with Gasteiger partial charge in [-0.2, -0.15) is 0 Å². The molecule has 5 N–H and O–H groups in total.